The highest BCUT2D eigenvalue weighted by molar-refractivity contribution is 7.18. The van der Waals surface area contributed by atoms with E-state index < -0.39 is 17.8 Å². The average Bonchev–Trinajstić information content (AvgIpc) is 3.17. The lowest BCUT2D eigenvalue weighted by Gasteiger charge is -2.30. The summed E-state index contributed by atoms with van der Waals surface area (Å²) in [6, 6.07) is 7.68. The molecular weight excluding hydrogens is 352 g/mol. The Morgan fingerprint density at radius 2 is 1.81 bits per heavy atom. The normalized spacial score (nSPS) is 24.1. The van der Waals surface area contributed by atoms with Gasteiger partial charge in [0.1, 0.15) is 0 Å². The molecule has 8 heteroatoms. The summed E-state index contributed by atoms with van der Waals surface area (Å²) in [6.07, 6.45) is 1.94. The van der Waals surface area contributed by atoms with E-state index >= 15 is 0 Å². The summed E-state index contributed by atoms with van der Waals surface area (Å²) in [5.41, 5.74) is 1.05. The van der Waals surface area contributed by atoms with Gasteiger partial charge in [0.25, 0.3) is 0 Å². The minimum absolute atomic E-state index is 0.231. The number of piperidine rings is 1. The van der Waals surface area contributed by atoms with Gasteiger partial charge in [-0.25, -0.2) is 14.7 Å². The first kappa shape index (κ1) is 17.1. The fourth-order valence-electron chi connectivity index (χ4n) is 3.69. The van der Waals surface area contributed by atoms with Crippen LogP contribution in [0.5, 0.6) is 0 Å². The van der Waals surface area contributed by atoms with E-state index in [1.807, 2.05) is 18.2 Å². The number of para-hydroxylation sites is 1. The van der Waals surface area contributed by atoms with E-state index in [-0.39, 0.29) is 13.2 Å². The summed E-state index contributed by atoms with van der Waals surface area (Å²) in [7, 11) is 0. The van der Waals surface area contributed by atoms with Crippen LogP contribution in [-0.4, -0.2) is 58.9 Å². The number of quaternary nitrogens is 1. The molecule has 0 bridgehead atoms. The van der Waals surface area contributed by atoms with Crippen LogP contribution in [0.3, 0.4) is 0 Å². The van der Waals surface area contributed by atoms with Crippen molar-refractivity contribution in [3.8, 4) is 0 Å². The van der Waals surface area contributed by atoms with Gasteiger partial charge >= 0.3 is 17.8 Å². The molecule has 7 nitrogen and oxygen atoms in total. The Morgan fingerprint density at radius 3 is 2.46 bits per heavy atom. The molecule has 2 saturated heterocycles. The number of hydrogen-bond acceptors (Lipinski definition) is 5. The molecule has 0 atom stereocenters. The zero-order valence-electron chi connectivity index (χ0n) is 14.6. The third kappa shape index (κ3) is 2.89. The number of carbonyl (C=O) groups excluding carboxylic acids is 3. The van der Waals surface area contributed by atoms with Crippen molar-refractivity contribution in [2.75, 3.05) is 26.3 Å². The van der Waals surface area contributed by atoms with Crippen molar-refractivity contribution in [2.24, 2.45) is 0 Å². The molecule has 1 aromatic heterocycles. The number of nitrogens with one attached hydrogen (secondary N) is 1. The van der Waals surface area contributed by atoms with Crippen LogP contribution in [0, 0.1) is 0 Å². The SMILES string of the molecule is CCN1C(=O)C(=O)N(C[NH+]2CCC(c3nc4ccccc4s3)CC2)C1=O. The molecule has 1 N–H and O–H groups in total. The first-order chi connectivity index (χ1) is 12.6. The number of imide groups is 2. The minimum Gasteiger partial charge on any atom is -0.317 e. The monoisotopic (exact) mass is 373 g/mol. The Balaban J connectivity index is 1.39. The van der Waals surface area contributed by atoms with Crippen molar-refractivity contribution in [3.05, 3.63) is 29.3 Å². The maximum Gasteiger partial charge on any atom is 0.338 e. The summed E-state index contributed by atoms with van der Waals surface area (Å²) in [5, 5.41) is 1.17. The molecule has 2 aromatic rings. The number of benzene rings is 1. The summed E-state index contributed by atoms with van der Waals surface area (Å²) >= 11 is 1.75. The second-order valence-corrected chi connectivity index (χ2v) is 7.83. The number of hydrogen-bond donors (Lipinski definition) is 1. The van der Waals surface area contributed by atoms with Gasteiger partial charge in [0.2, 0.25) is 0 Å². The van der Waals surface area contributed by atoms with Gasteiger partial charge in [0.15, 0.2) is 6.67 Å². The van der Waals surface area contributed by atoms with Crippen molar-refractivity contribution in [2.45, 2.75) is 25.7 Å². The Labute approximate surface area is 155 Å². The van der Waals surface area contributed by atoms with E-state index in [1.54, 1.807) is 18.3 Å². The van der Waals surface area contributed by atoms with Gasteiger partial charge < -0.3 is 4.90 Å². The van der Waals surface area contributed by atoms with Crippen LogP contribution in [0.2, 0.25) is 0 Å². The Morgan fingerprint density at radius 1 is 1.12 bits per heavy atom. The first-order valence-corrected chi connectivity index (χ1v) is 9.76. The lowest BCUT2D eigenvalue weighted by Crippen LogP contribution is -3.14. The maximum absolute atomic E-state index is 12.2. The lowest BCUT2D eigenvalue weighted by atomic mass is 9.98. The van der Waals surface area contributed by atoms with Crippen LogP contribution in [0.25, 0.3) is 10.2 Å². The number of thiazole rings is 1. The predicted octanol–water partition coefficient (Wildman–Crippen LogP) is 0.827. The molecule has 4 rings (SSSR count). The molecule has 0 aliphatic carbocycles. The summed E-state index contributed by atoms with van der Waals surface area (Å²) < 4.78 is 1.21. The number of aromatic nitrogens is 1. The molecule has 1 aromatic carbocycles. The second kappa shape index (κ2) is 6.77. The molecule has 0 radical (unpaired) electrons. The van der Waals surface area contributed by atoms with E-state index in [0.29, 0.717) is 5.92 Å². The quantitative estimate of drug-likeness (QED) is 0.636. The number of nitrogens with zero attached hydrogens (tertiary/aromatic N) is 3. The highest BCUT2D eigenvalue weighted by Crippen LogP contribution is 2.31. The van der Waals surface area contributed by atoms with Gasteiger partial charge in [-0.15, -0.1) is 11.3 Å². The highest BCUT2D eigenvalue weighted by Gasteiger charge is 2.45. The fraction of sp³-hybridized carbons (Fsp3) is 0.444. The number of rotatable bonds is 4. The molecular formula is C18H21N4O3S+. The highest BCUT2D eigenvalue weighted by atomic mass is 32.1. The molecule has 0 spiro atoms. The number of carbonyl (C=O) groups is 3. The topological polar surface area (TPSA) is 75.0 Å². The smallest absolute Gasteiger partial charge is 0.317 e. The van der Waals surface area contributed by atoms with E-state index in [0.717, 1.165) is 46.1 Å². The van der Waals surface area contributed by atoms with Crippen molar-refractivity contribution in [1.82, 2.24) is 14.8 Å². The minimum atomic E-state index is -0.707. The summed E-state index contributed by atoms with van der Waals surface area (Å²) in [4.78, 5) is 44.1. The Hall–Kier alpha value is -2.32. The molecule has 0 unspecified atom stereocenters. The predicted molar refractivity (Wildman–Crippen MR) is 96.8 cm³/mol. The first-order valence-electron chi connectivity index (χ1n) is 8.95. The van der Waals surface area contributed by atoms with Crippen LogP contribution in [0.4, 0.5) is 4.79 Å². The maximum atomic E-state index is 12.2. The number of urea groups is 1. The molecule has 4 amide bonds. The molecule has 2 fully saturated rings. The van der Waals surface area contributed by atoms with Crippen LogP contribution in [0.1, 0.15) is 30.7 Å². The van der Waals surface area contributed by atoms with E-state index in [2.05, 4.69) is 6.07 Å². The van der Waals surface area contributed by atoms with Crippen molar-refractivity contribution >= 4 is 39.4 Å². The van der Waals surface area contributed by atoms with Crippen molar-refractivity contribution < 1.29 is 19.3 Å². The van der Waals surface area contributed by atoms with E-state index in [4.69, 9.17) is 4.98 Å². The van der Waals surface area contributed by atoms with Crippen LogP contribution >= 0.6 is 11.3 Å². The van der Waals surface area contributed by atoms with Gasteiger partial charge in [0.05, 0.1) is 28.3 Å². The molecule has 2 aliphatic heterocycles. The number of likely N-dealkylation sites (tertiary alicyclic amines) is 1. The van der Waals surface area contributed by atoms with Gasteiger partial charge in [-0.2, -0.15) is 0 Å². The molecule has 136 valence electrons. The van der Waals surface area contributed by atoms with Crippen LogP contribution in [-0.2, 0) is 9.59 Å². The summed E-state index contributed by atoms with van der Waals surface area (Å²) in [5.74, 6) is -0.978. The van der Waals surface area contributed by atoms with E-state index in [1.165, 1.54) is 9.71 Å². The zero-order chi connectivity index (χ0) is 18.3. The zero-order valence-corrected chi connectivity index (χ0v) is 15.4. The van der Waals surface area contributed by atoms with Crippen molar-refractivity contribution in [1.29, 1.82) is 0 Å². The van der Waals surface area contributed by atoms with Gasteiger partial charge in [-0.05, 0) is 19.1 Å². The van der Waals surface area contributed by atoms with Crippen LogP contribution < -0.4 is 4.90 Å². The molecule has 3 heterocycles. The molecule has 0 saturated carbocycles. The van der Waals surface area contributed by atoms with Crippen molar-refractivity contribution in [3.63, 3.8) is 0 Å². The number of likely N-dealkylation sites (N-methyl/N-ethyl adjacent to an activating group) is 1. The largest absolute Gasteiger partial charge is 0.338 e. The number of amides is 4. The Bertz CT molecular complexity index is 839. The van der Waals surface area contributed by atoms with Gasteiger partial charge in [-0.3, -0.25) is 14.5 Å². The molecule has 2 aliphatic rings. The van der Waals surface area contributed by atoms with Gasteiger partial charge in [-0.1, -0.05) is 12.1 Å². The fourth-order valence-corrected chi connectivity index (χ4v) is 4.82. The average molecular weight is 373 g/mol. The molecule has 26 heavy (non-hydrogen) atoms. The van der Waals surface area contributed by atoms with Crippen LogP contribution in [0.15, 0.2) is 24.3 Å². The van der Waals surface area contributed by atoms with E-state index in [9.17, 15) is 14.4 Å². The van der Waals surface area contributed by atoms with Gasteiger partial charge in [0, 0.05) is 25.3 Å². The summed E-state index contributed by atoms with van der Waals surface area (Å²) in [6.45, 7) is 3.92. The second-order valence-electron chi connectivity index (χ2n) is 6.77. The third-order valence-corrected chi connectivity index (χ3v) is 6.38. The standard InChI is InChI=1S/C18H20N4O3S/c1-2-21-16(23)17(24)22(18(21)25)11-20-9-7-12(8-10-20)15-19-13-5-3-4-6-14(13)26-15/h3-6,12H,2,7-11H2,1H3/p+1. The Kier molecular flexibility index (Phi) is 4.46. The number of fused-ring (bicyclic) bond motifs is 1. The third-order valence-electron chi connectivity index (χ3n) is 5.19. The lowest BCUT2D eigenvalue weighted by molar-refractivity contribution is -0.912.